The standard InChI is InChI=1S/C15H19N3O3/c19-14(18-10-5-6-10)7-8-16-15(20)13-9-17-11-3-1-2-4-12(11)21-13/h1-4,10,13,17H,5-9H2,(H,16,20)(H,18,19). The maximum atomic E-state index is 12.0. The van der Waals surface area contributed by atoms with Crippen LogP contribution in [0.25, 0.3) is 0 Å². The molecule has 6 nitrogen and oxygen atoms in total. The summed E-state index contributed by atoms with van der Waals surface area (Å²) in [6.45, 7) is 0.760. The minimum absolute atomic E-state index is 0.00849. The van der Waals surface area contributed by atoms with Crippen molar-refractivity contribution in [1.29, 1.82) is 0 Å². The highest BCUT2D eigenvalue weighted by atomic mass is 16.5. The van der Waals surface area contributed by atoms with Crippen molar-refractivity contribution < 1.29 is 14.3 Å². The van der Waals surface area contributed by atoms with Crippen molar-refractivity contribution in [2.24, 2.45) is 0 Å². The zero-order valence-electron chi connectivity index (χ0n) is 11.7. The molecule has 2 amide bonds. The number of nitrogens with one attached hydrogen (secondary N) is 3. The van der Waals surface area contributed by atoms with Crippen molar-refractivity contribution in [3.8, 4) is 5.75 Å². The summed E-state index contributed by atoms with van der Waals surface area (Å²) in [5, 5.41) is 8.79. The van der Waals surface area contributed by atoms with E-state index in [-0.39, 0.29) is 11.8 Å². The summed E-state index contributed by atoms with van der Waals surface area (Å²) in [5.41, 5.74) is 0.894. The van der Waals surface area contributed by atoms with Crippen LogP contribution in [0.2, 0.25) is 0 Å². The zero-order chi connectivity index (χ0) is 14.7. The van der Waals surface area contributed by atoms with E-state index >= 15 is 0 Å². The lowest BCUT2D eigenvalue weighted by Crippen LogP contribution is -2.45. The van der Waals surface area contributed by atoms with Crippen molar-refractivity contribution in [2.45, 2.75) is 31.4 Å². The van der Waals surface area contributed by atoms with Crippen LogP contribution in [0.15, 0.2) is 24.3 Å². The third-order valence-electron chi connectivity index (χ3n) is 3.52. The third-order valence-corrected chi connectivity index (χ3v) is 3.52. The molecule has 112 valence electrons. The van der Waals surface area contributed by atoms with Gasteiger partial charge < -0.3 is 20.7 Å². The topological polar surface area (TPSA) is 79.5 Å². The van der Waals surface area contributed by atoms with Crippen LogP contribution in [0, 0.1) is 0 Å². The van der Waals surface area contributed by atoms with Crippen LogP contribution in [0.5, 0.6) is 5.75 Å². The number of amides is 2. The Kier molecular flexibility index (Phi) is 3.94. The third kappa shape index (κ3) is 3.65. The smallest absolute Gasteiger partial charge is 0.262 e. The molecule has 1 aliphatic heterocycles. The molecule has 0 spiro atoms. The summed E-state index contributed by atoms with van der Waals surface area (Å²) < 4.78 is 5.65. The minimum Gasteiger partial charge on any atom is -0.477 e. The van der Waals surface area contributed by atoms with E-state index in [1.807, 2.05) is 24.3 Å². The van der Waals surface area contributed by atoms with E-state index in [0.29, 0.717) is 31.3 Å². The fraction of sp³-hybridized carbons (Fsp3) is 0.467. The van der Waals surface area contributed by atoms with Crippen molar-refractivity contribution in [1.82, 2.24) is 10.6 Å². The van der Waals surface area contributed by atoms with Gasteiger partial charge >= 0.3 is 0 Å². The molecule has 1 aromatic rings. The molecule has 0 aromatic heterocycles. The molecule has 6 heteroatoms. The van der Waals surface area contributed by atoms with Gasteiger partial charge in [-0.05, 0) is 25.0 Å². The largest absolute Gasteiger partial charge is 0.477 e. The second kappa shape index (κ2) is 6.03. The molecule has 1 heterocycles. The van der Waals surface area contributed by atoms with E-state index in [9.17, 15) is 9.59 Å². The number of ether oxygens (including phenoxy) is 1. The van der Waals surface area contributed by atoms with Crippen molar-refractivity contribution in [2.75, 3.05) is 18.4 Å². The van der Waals surface area contributed by atoms with Crippen LogP contribution >= 0.6 is 0 Å². The summed E-state index contributed by atoms with van der Waals surface area (Å²) in [6.07, 6.45) is 1.88. The molecule has 0 radical (unpaired) electrons. The molecule has 0 saturated heterocycles. The number of benzene rings is 1. The molecule has 1 aliphatic carbocycles. The average Bonchev–Trinajstić information content (AvgIpc) is 3.30. The van der Waals surface area contributed by atoms with Crippen molar-refractivity contribution in [3.63, 3.8) is 0 Å². The van der Waals surface area contributed by atoms with E-state index in [2.05, 4.69) is 16.0 Å². The van der Waals surface area contributed by atoms with Gasteiger partial charge in [0.05, 0.1) is 12.2 Å². The quantitative estimate of drug-likeness (QED) is 0.743. The van der Waals surface area contributed by atoms with Crippen LogP contribution in [-0.2, 0) is 9.59 Å². The number of hydrogen-bond acceptors (Lipinski definition) is 4. The second-order valence-electron chi connectivity index (χ2n) is 5.37. The highest BCUT2D eigenvalue weighted by Crippen LogP contribution is 2.28. The maximum Gasteiger partial charge on any atom is 0.262 e. The van der Waals surface area contributed by atoms with Gasteiger partial charge in [0.1, 0.15) is 5.75 Å². The Bertz CT molecular complexity index is 543. The first-order valence-electron chi connectivity index (χ1n) is 7.29. The van der Waals surface area contributed by atoms with E-state index in [0.717, 1.165) is 18.5 Å². The molecule has 1 aromatic carbocycles. The lowest BCUT2D eigenvalue weighted by Gasteiger charge is -2.26. The summed E-state index contributed by atoms with van der Waals surface area (Å²) in [6, 6.07) is 7.86. The first-order chi connectivity index (χ1) is 10.2. The van der Waals surface area contributed by atoms with E-state index in [1.165, 1.54) is 0 Å². The van der Waals surface area contributed by atoms with E-state index in [4.69, 9.17) is 4.74 Å². The number of para-hydroxylation sites is 2. The van der Waals surface area contributed by atoms with Crippen molar-refractivity contribution >= 4 is 17.5 Å². The zero-order valence-corrected chi connectivity index (χ0v) is 11.7. The van der Waals surface area contributed by atoms with Gasteiger partial charge in [0, 0.05) is 19.0 Å². The lowest BCUT2D eigenvalue weighted by atomic mass is 10.2. The number of rotatable bonds is 5. The Morgan fingerprint density at radius 3 is 2.90 bits per heavy atom. The molecule has 21 heavy (non-hydrogen) atoms. The highest BCUT2D eigenvalue weighted by Gasteiger charge is 2.26. The summed E-state index contributed by atoms with van der Waals surface area (Å²) >= 11 is 0. The number of fused-ring (bicyclic) bond motifs is 1. The SMILES string of the molecule is O=C(CCNC(=O)C1CNc2ccccc2O1)NC1CC1. The number of carbonyl (C=O) groups excluding carboxylic acids is 2. The molecular weight excluding hydrogens is 270 g/mol. The number of hydrogen-bond donors (Lipinski definition) is 3. The highest BCUT2D eigenvalue weighted by molar-refractivity contribution is 5.84. The predicted octanol–water partition coefficient (Wildman–Crippen LogP) is 0.644. The monoisotopic (exact) mass is 289 g/mol. The van der Waals surface area contributed by atoms with Gasteiger partial charge in [0.2, 0.25) is 5.91 Å². The Balaban J connectivity index is 1.42. The van der Waals surface area contributed by atoms with Crippen LogP contribution in [0.4, 0.5) is 5.69 Å². The first kappa shape index (κ1) is 13.7. The van der Waals surface area contributed by atoms with Gasteiger partial charge in [0.25, 0.3) is 5.91 Å². The van der Waals surface area contributed by atoms with Gasteiger partial charge in [-0.1, -0.05) is 12.1 Å². The summed E-state index contributed by atoms with van der Waals surface area (Å²) in [4.78, 5) is 23.5. The van der Waals surface area contributed by atoms with Gasteiger partial charge in [-0.25, -0.2) is 0 Å². The van der Waals surface area contributed by atoms with Gasteiger partial charge in [-0.3, -0.25) is 9.59 Å². The average molecular weight is 289 g/mol. The van der Waals surface area contributed by atoms with Crippen LogP contribution in [-0.4, -0.2) is 37.0 Å². The fourth-order valence-corrected chi connectivity index (χ4v) is 2.20. The molecular formula is C15H19N3O3. The number of anilines is 1. The molecule has 1 saturated carbocycles. The minimum atomic E-state index is -0.564. The van der Waals surface area contributed by atoms with Crippen LogP contribution in [0.1, 0.15) is 19.3 Å². The van der Waals surface area contributed by atoms with Gasteiger partial charge in [0.15, 0.2) is 6.10 Å². The second-order valence-corrected chi connectivity index (χ2v) is 5.37. The molecule has 2 aliphatic rings. The fourth-order valence-electron chi connectivity index (χ4n) is 2.20. The number of carbonyl (C=O) groups is 2. The van der Waals surface area contributed by atoms with Gasteiger partial charge in [-0.2, -0.15) is 0 Å². The van der Waals surface area contributed by atoms with Crippen molar-refractivity contribution in [3.05, 3.63) is 24.3 Å². The summed E-state index contributed by atoms with van der Waals surface area (Å²) in [5.74, 6) is 0.470. The first-order valence-corrected chi connectivity index (χ1v) is 7.29. The Morgan fingerprint density at radius 2 is 2.10 bits per heavy atom. The molecule has 3 rings (SSSR count). The van der Waals surface area contributed by atoms with E-state index < -0.39 is 6.10 Å². The van der Waals surface area contributed by atoms with Crippen LogP contribution < -0.4 is 20.7 Å². The summed E-state index contributed by atoms with van der Waals surface area (Å²) in [7, 11) is 0. The molecule has 3 N–H and O–H groups in total. The van der Waals surface area contributed by atoms with Crippen LogP contribution in [0.3, 0.4) is 0 Å². The van der Waals surface area contributed by atoms with Gasteiger partial charge in [-0.15, -0.1) is 0 Å². The molecule has 1 atom stereocenters. The molecule has 0 bridgehead atoms. The maximum absolute atomic E-state index is 12.0. The lowest BCUT2D eigenvalue weighted by molar-refractivity contribution is -0.127. The normalized spacial score (nSPS) is 19.7. The Hall–Kier alpha value is -2.24. The van der Waals surface area contributed by atoms with E-state index in [1.54, 1.807) is 0 Å². The molecule has 1 unspecified atom stereocenters. The Labute approximate surface area is 123 Å². The Morgan fingerprint density at radius 1 is 1.29 bits per heavy atom. The molecule has 1 fully saturated rings. The predicted molar refractivity (Wildman–Crippen MR) is 78.1 cm³/mol.